The highest BCUT2D eigenvalue weighted by Crippen LogP contribution is 2.46. The number of nitrogens with two attached hydrogens (primary N) is 1. The maximum atomic E-state index is 11.8. The molecule has 1 rings (SSSR count). The van der Waals surface area contributed by atoms with Crippen LogP contribution in [0.5, 0.6) is 0 Å². The van der Waals surface area contributed by atoms with Gasteiger partial charge in [-0.05, 0) is 6.42 Å². The maximum absolute atomic E-state index is 11.8. The zero-order chi connectivity index (χ0) is 10.6. The van der Waals surface area contributed by atoms with E-state index in [0.717, 1.165) is 24.3 Å². The van der Waals surface area contributed by atoms with Gasteiger partial charge in [0, 0.05) is 24.6 Å². The number of thioether (sulfide) groups is 2. The Morgan fingerprint density at radius 2 is 2.14 bits per heavy atom. The monoisotopic (exact) mass is 234 g/mol. The second-order valence-electron chi connectivity index (χ2n) is 3.34. The molecule has 1 heterocycles. The van der Waals surface area contributed by atoms with Gasteiger partial charge in [0.25, 0.3) is 0 Å². The van der Waals surface area contributed by atoms with E-state index in [9.17, 15) is 4.79 Å². The zero-order valence-electron chi connectivity index (χ0n) is 8.71. The predicted octanol–water partition coefficient (Wildman–Crippen LogP) is 1.04. The van der Waals surface area contributed by atoms with Gasteiger partial charge in [-0.15, -0.1) is 23.5 Å². The van der Waals surface area contributed by atoms with Crippen molar-refractivity contribution in [2.45, 2.75) is 29.9 Å². The van der Waals surface area contributed by atoms with E-state index in [1.54, 1.807) is 30.6 Å². The number of amides is 1. The molecule has 1 atom stereocenters. The fourth-order valence-electron chi connectivity index (χ4n) is 1.62. The molecule has 82 valence electrons. The van der Waals surface area contributed by atoms with E-state index in [1.165, 1.54) is 0 Å². The standard InChI is InChI=1S/C9H18N2OS2/c1-3-4-7(10)9(8(12)11-2)13-5-6-14-9/h7H,3-6,10H2,1-2H3,(H,11,12)/t7-/m0/s1. The maximum Gasteiger partial charge on any atom is 0.247 e. The molecule has 0 aromatic carbocycles. The van der Waals surface area contributed by atoms with Gasteiger partial charge in [0.1, 0.15) is 0 Å². The Labute approximate surface area is 94.0 Å². The average molecular weight is 234 g/mol. The topological polar surface area (TPSA) is 55.1 Å². The quantitative estimate of drug-likeness (QED) is 0.763. The van der Waals surface area contributed by atoms with Gasteiger partial charge in [-0.25, -0.2) is 0 Å². The molecule has 0 radical (unpaired) electrons. The van der Waals surface area contributed by atoms with Crippen LogP contribution in [0.1, 0.15) is 19.8 Å². The Morgan fingerprint density at radius 1 is 1.57 bits per heavy atom. The molecule has 1 fully saturated rings. The molecule has 0 spiro atoms. The fourth-order valence-corrected chi connectivity index (χ4v) is 4.85. The van der Waals surface area contributed by atoms with Crippen molar-refractivity contribution in [3.8, 4) is 0 Å². The summed E-state index contributed by atoms with van der Waals surface area (Å²) in [6.45, 7) is 2.10. The van der Waals surface area contributed by atoms with Crippen LogP contribution in [-0.2, 0) is 4.79 Å². The third kappa shape index (κ3) is 2.20. The lowest BCUT2D eigenvalue weighted by Crippen LogP contribution is -2.51. The zero-order valence-corrected chi connectivity index (χ0v) is 10.3. The second-order valence-corrected chi connectivity index (χ2v) is 6.28. The van der Waals surface area contributed by atoms with E-state index in [4.69, 9.17) is 5.73 Å². The van der Waals surface area contributed by atoms with Crippen LogP contribution in [0, 0.1) is 0 Å². The van der Waals surface area contributed by atoms with Gasteiger partial charge >= 0.3 is 0 Å². The predicted molar refractivity (Wildman–Crippen MR) is 64.6 cm³/mol. The van der Waals surface area contributed by atoms with Crippen molar-refractivity contribution >= 4 is 29.4 Å². The average Bonchev–Trinajstić information content (AvgIpc) is 2.67. The van der Waals surface area contributed by atoms with Gasteiger partial charge in [0.05, 0.1) is 0 Å². The largest absolute Gasteiger partial charge is 0.357 e. The lowest BCUT2D eigenvalue weighted by Gasteiger charge is -2.31. The molecule has 3 nitrogen and oxygen atoms in total. The van der Waals surface area contributed by atoms with Crippen LogP contribution in [0.15, 0.2) is 0 Å². The van der Waals surface area contributed by atoms with Crippen LogP contribution in [-0.4, -0.2) is 34.6 Å². The van der Waals surface area contributed by atoms with Crippen molar-refractivity contribution < 1.29 is 4.79 Å². The van der Waals surface area contributed by atoms with Crippen molar-refractivity contribution in [2.24, 2.45) is 5.73 Å². The summed E-state index contributed by atoms with van der Waals surface area (Å²) in [5, 5.41) is 2.73. The molecular weight excluding hydrogens is 216 g/mol. The molecule has 0 aromatic rings. The minimum Gasteiger partial charge on any atom is -0.357 e. The molecule has 1 saturated heterocycles. The summed E-state index contributed by atoms with van der Waals surface area (Å²) in [4.78, 5) is 11.8. The van der Waals surface area contributed by atoms with Gasteiger partial charge in [0.15, 0.2) is 4.08 Å². The Kier molecular flexibility index (Phi) is 4.60. The van der Waals surface area contributed by atoms with Crippen molar-refractivity contribution in [3.05, 3.63) is 0 Å². The Bertz CT molecular complexity index is 205. The molecule has 14 heavy (non-hydrogen) atoms. The van der Waals surface area contributed by atoms with Crippen molar-refractivity contribution in [1.29, 1.82) is 0 Å². The number of hydrogen-bond acceptors (Lipinski definition) is 4. The first-order valence-corrected chi connectivity index (χ1v) is 6.90. The number of carbonyl (C=O) groups excluding carboxylic acids is 1. The minimum absolute atomic E-state index is 0.0371. The third-order valence-corrected chi connectivity index (χ3v) is 5.96. The van der Waals surface area contributed by atoms with Crippen molar-refractivity contribution in [2.75, 3.05) is 18.6 Å². The Morgan fingerprint density at radius 3 is 2.57 bits per heavy atom. The SMILES string of the molecule is CCC[C@H](N)C1(C(=O)NC)SCCS1. The normalized spacial score (nSPS) is 21.9. The van der Waals surface area contributed by atoms with Crippen LogP contribution in [0.25, 0.3) is 0 Å². The van der Waals surface area contributed by atoms with Gasteiger partial charge in [-0.3, -0.25) is 4.79 Å². The first-order valence-electron chi connectivity index (χ1n) is 4.93. The molecule has 0 saturated carbocycles. The smallest absolute Gasteiger partial charge is 0.247 e. The first-order chi connectivity index (χ1) is 6.67. The molecule has 0 bridgehead atoms. The van der Waals surface area contributed by atoms with Crippen LogP contribution in [0.3, 0.4) is 0 Å². The molecular formula is C9H18N2OS2. The third-order valence-electron chi connectivity index (χ3n) is 2.35. The number of rotatable bonds is 4. The summed E-state index contributed by atoms with van der Waals surface area (Å²) in [7, 11) is 1.68. The summed E-state index contributed by atoms with van der Waals surface area (Å²) in [6, 6.07) is -0.0371. The summed E-state index contributed by atoms with van der Waals surface area (Å²) in [5.41, 5.74) is 6.10. The highest BCUT2D eigenvalue weighted by Gasteiger charge is 2.47. The van der Waals surface area contributed by atoms with E-state index >= 15 is 0 Å². The highest BCUT2D eigenvalue weighted by atomic mass is 32.2. The molecule has 1 aliphatic heterocycles. The molecule has 1 aliphatic rings. The van der Waals surface area contributed by atoms with E-state index in [0.29, 0.717) is 0 Å². The van der Waals surface area contributed by atoms with Gasteiger partial charge < -0.3 is 11.1 Å². The first kappa shape index (κ1) is 12.2. The Balaban J connectivity index is 2.75. The number of carbonyl (C=O) groups is 1. The lowest BCUT2D eigenvalue weighted by atomic mass is 10.1. The van der Waals surface area contributed by atoms with E-state index < -0.39 is 4.08 Å². The van der Waals surface area contributed by atoms with Crippen LogP contribution in [0.2, 0.25) is 0 Å². The lowest BCUT2D eigenvalue weighted by molar-refractivity contribution is -0.121. The van der Waals surface area contributed by atoms with E-state index in [-0.39, 0.29) is 11.9 Å². The molecule has 0 aromatic heterocycles. The molecule has 0 aliphatic carbocycles. The summed E-state index contributed by atoms with van der Waals surface area (Å²) < 4.78 is -0.426. The summed E-state index contributed by atoms with van der Waals surface area (Å²) in [6.07, 6.45) is 1.94. The van der Waals surface area contributed by atoms with Crippen LogP contribution < -0.4 is 11.1 Å². The van der Waals surface area contributed by atoms with E-state index in [2.05, 4.69) is 12.2 Å². The van der Waals surface area contributed by atoms with Crippen molar-refractivity contribution in [1.82, 2.24) is 5.32 Å². The highest BCUT2D eigenvalue weighted by molar-refractivity contribution is 8.22. The number of nitrogens with one attached hydrogen (secondary N) is 1. The minimum atomic E-state index is -0.426. The van der Waals surface area contributed by atoms with Gasteiger partial charge in [-0.1, -0.05) is 13.3 Å². The molecule has 1 amide bonds. The fraction of sp³-hybridized carbons (Fsp3) is 0.889. The van der Waals surface area contributed by atoms with Crippen LogP contribution >= 0.6 is 23.5 Å². The molecule has 3 N–H and O–H groups in total. The van der Waals surface area contributed by atoms with Crippen LogP contribution in [0.4, 0.5) is 0 Å². The van der Waals surface area contributed by atoms with Crippen molar-refractivity contribution in [3.63, 3.8) is 0 Å². The Hall–Kier alpha value is 0.130. The number of hydrogen-bond donors (Lipinski definition) is 2. The second kappa shape index (κ2) is 5.28. The summed E-state index contributed by atoms with van der Waals surface area (Å²) >= 11 is 3.39. The van der Waals surface area contributed by atoms with Gasteiger partial charge in [-0.2, -0.15) is 0 Å². The van der Waals surface area contributed by atoms with E-state index in [1.807, 2.05) is 0 Å². The molecule has 0 unspecified atom stereocenters. The molecule has 5 heteroatoms. The summed E-state index contributed by atoms with van der Waals surface area (Å²) in [5.74, 6) is 2.12. The van der Waals surface area contributed by atoms with Gasteiger partial charge in [0.2, 0.25) is 5.91 Å².